The molecule has 3 aromatic carbocycles. The number of carbonyl (C=O) groups excluding carboxylic acids is 1. The molecule has 3 nitrogen and oxygen atoms in total. The van der Waals surface area contributed by atoms with Crippen molar-refractivity contribution in [1.29, 1.82) is 0 Å². The summed E-state index contributed by atoms with van der Waals surface area (Å²) in [5.74, 6) is -0.235. The SMILES string of the molecule is Cc1c(-c2ccccc2)sc(=NC(=O)c2ccccc2)n1-c1ccccc1. The molecule has 0 fully saturated rings. The van der Waals surface area contributed by atoms with E-state index in [1.54, 1.807) is 12.1 Å². The molecular formula is C23H18N2OS. The summed E-state index contributed by atoms with van der Waals surface area (Å²) in [6, 6.07) is 29.4. The maximum absolute atomic E-state index is 12.7. The lowest BCUT2D eigenvalue weighted by Gasteiger charge is -2.07. The topological polar surface area (TPSA) is 34.4 Å². The summed E-state index contributed by atoms with van der Waals surface area (Å²) in [7, 11) is 0. The highest BCUT2D eigenvalue weighted by Crippen LogP contribution is 2.28. The Morgan fingerprint density at radius 2 is 1.37 bits per heavy atom. The van der Waals surface area contributed by atoms with Gasteiger partial charge in [0.15, 0.2) is 4.80 Å². The molecular weight excluding hydrogens is 352 g/mol. The van der Waals surface area contributed by atoms with Gasteiger partial charge in [0.05, 0.1) is 4.88 Å². The van der Waals surface area contributed by atoms with Gasteiger partial charge in [-0.25, -0.2) is 0 Å². The van der Waals surface area contributed by atoms with Crippen molar-refractivity contribution < 1.29 is 4.79 Å². The fraction of sp³-hybridized carbons (Fsp3) is 0.0435. The number of nitrogens with zero attached hydrogens (tertiary/aromatic N) is 2. The number of amides is 1. The van der Waals surface area contributed by atoms with Gasteiger partial charge in [-0.2, -0.15) is 4.99 Å². The van der Waals surface area contributed by atoms with Gasteiger partial charge in [0.1, 0.15) is 0 Å². The van der Waals surface area contributed by atoms with Gasteiger partial charge in [0, 0.05) is 16.9 Å². The molecule has 0 aliphatic carbocycles. The van der Waals surface area contributed by atoms with Gasteiger partial charge < -0.3 is 0 Å². The Balaban J connectivity index is 1.93. The van der Waals surface area contributed by atoms with Crippen molar-refractivity contribution in [3.63, 3.8) is 0 Å². The van der Waals surface area contributed by atoms with Crippen molar-refractivity contribution >= 4 is 17.2 Å². The summed E-state index contributed by atoms with van der Waals surface area (Å²) in [5, 5.41) is 0. The van der Waals surface area contributed by atoms with Crippen molar-refractivity contribution in [1.82, 2.24) is 4.57 Å². The number of benzene rings is 3. The first-order valence-electron chi connectivity index (χ1n) is 8.71. The third kappa shape index (κ3) is 3.52. The molecule has 0 N–H and O–H groups in total. The molecule has 27 heavy (non-hydrogen) atoms. The lowest BCUT2D eigenvalue weighted by atomic mass is 10.1. The minimum atomic E-state index is -0.235. The van der Waals surface area contributed by atoms with E-state index in [0.29, 0.717) is 10.4 Å². The summed E-state index contributed by atoms with van der Waals surface area (Å²) in [4.78, 5) is 18.9. The highest BCUT2D eigenvalue weighted by molar-refractivity contribution is 7.13. The van der Waals surface area contributed by atoms with Crippen molar-refractivity contribution in [2.45, 2.75) is 6.92 Å². The van der Waals surface area contributed by atoms with Gasteiger partial charge in [-0.1, -0.05) is 78.1 Å². The summed E-state index contributed by atoms with van der Waals surface area (Å²) in [5.41, 5.74) is 3.77. The summed E-state index contributed by atoms with van der Waals surface area (Å²) in [6.45, 7) is 2.07. The smallest absolute Gasteiger partial charge is 0.279 e. The van der Waals surface area contributed by atoms with Crippen LogP contribution >= 0.6 is 11.3 Å². The van der Waals surface area contributed by atoms with Crippen LogP contribution in [0.2, 0.25) is 0 Å². The molecule has 4 aromatic rings. The standard InChI is InChI=1S/C23H18N2OS/c1-17-21(18-11-5-2-6-12-18)27-23(25(17)20-15-9-4-10-16-20)24-22(26)19-13-7-3-8-14-19/h2-16H,1H3. The molecule has 0 aliphatic rings. The van der Waals surface area contributed by atoms with Crippen LogP contribution in [0.5, 0.6) is 0 Å². The Morgan fingerprint density at radius 1 is 0.815 bits per heavy atom. The quantitative estimate of drug-likeness (QED) is 0.485. The van der Waals surface area contributed by atoms with Crippen molar-refractivity contribution in [3.8, 4) is 16.1 Å². The van der Waals surface area contributed by atoms with E-state index < -0.39 is 0 Å². The fourth-order valence-electron chi connectivity index (χ4n) is 3.00. The third-order valence-electron chi connectivity index (χ3n) is 4.32. The van der Waals surface area contributed by atoms with Gasteiger partial charge in [0.25, 0.3) is 5.91 Å². The van der Waals surface area contributed by atoms with Crippen LogP contribution in [0.3, 0.4) is 0 Å². The van der Waals surface area contributed by atoms with Crippen LogP contribution in [0.15, 0.2) is 96.0 Å². The number of carbonyl (C=O) groups is 1. The number of aromatic nitrogens is 1. The van der Waals surface area contributed by atoms with Crippen LogP contribution in [-0.4, -0.2) is 10.5 Å². The Bertz CT molecular complexity index is 1130. The predicted octanol–water partition coefficient (Wildman–Crippen LogP) is 5.26. The number of hydrogen-bond donors (Lipinski definition) is 0. The second-order valence-electron chi connectivity index (χ2n) is 6.12. The molecule has 1 aromatic heterocycles. The van der Waals surface area contributed by atoms with Crippen molar-refractivity contribution in [3.05, 3.63) is 107 Å². The average molecular weight is 370 g/mol. The third-order valence-corrected chi connectivity index (χ3v) is 5.51. The summed E-state index contributed by atoms with van der Waals surface area (Å²) < 4.78 is 2.05. The minimum absolute atomic E-state index is 0.235. The van der Waals surface area contributed by atoms with E-state index in [0.717, 1.165) is 21.8 Å². The zero-order chi connectivity index (χ0) is 18.6. The molecule has 4 rings (SSSR count). The molecule has 0 saturated carbocycles. The molecule has 0 atom stereocenters. The van der Waals surface area contributed by atoms with E-state index >= 15 is 0 Å². The van der Waals surface area contributed by atoms with E-state index in [1.165, 1.54) is 11.3 Å². The van der Waals surface area contributed by atoms with E-state index in [4.69, 9.17) is 0 Å². The second kappa shape index (κ2) is 7.56. The Labute approximate surface area is 161 Å². The van der Waals surface area contributed by atoms with Gasteiger partial charge >= 0.3 is 0 Å². The van der Waals surface area contributed by atoms with Crippen LogP contribution in [0.4, 0.5) is 0 Å². The normalized spacial score (nSPS) is 11.5. The van der Waals surface area contributed by atoms with Crippen LogP contribution in [0.1, 0.15) is 16.1 Å². The average Bonchev–Trinajstić information content (AvgIpc) is 3.05. The maximum Gasteiger partial charge on any atom is 0.279 e. The van der Waals surface area contributed by atoms with E-state index in [9.17, 15) is 4.79 Å². The number of thiazole rings is 1. The molecule has 1 heterocycles. The number of hydrogen-bond acceptors (Lipinski definition) is 2. The first-order valence-corrected chi connectivity index (χ1v) is 9.53. The molecule has 0 unspecified atom stereocenters. The zero-order valence-corrected chi connectivity index (χ0v) is 15.7. The Kier molecular flexibility index (Phi) is 4.81. The van der Waals surface area contributed by atoms with Crippen molar-refractivity contribution in [2.24, 2.45) is 4.99 Å². The molecule has 0 aliphatic heterocycles. The van der Waals surface area contributed by atoms with E-state index in [2.05, 4.69) is 24.0 Å². The highest BCUT2D eigenvalue weighted by Gasteiger charge is 2.14. The summed E-state index contributed by atoms with van der Waals surface area (Å²) in [6.07, 6.45) is 0. The highest BCUT2D eigenvalue weighted by atomic mass is 32.1. The van der Waals surface area contributed by atoms with Gasteiger partial charge in [0.2, 0.25) is 0 Å². The largest absolute Gasteiger partial charge is 0.289 e. The first-order chi connectivity index (χ1) is 13.2. The molecule has 0 radical (unpaired) electrons. The fourth-order valence-corrected chi connectivity index (χ4v) is 4.14. The zero-order valence-electron chi connectivity index (χ0n) is 14.9. The van der Waals surface area contributed by atoms with Crippen LogP contribution < -0.4 is 4.80 Å². The molecule has 4 heteroatoms. The first kappa shape index (κ1) is 17.2. The van der Waals surface area contributed by atoms with Crippen LogP contribution in [-0.2, 0) is 0 Å². The second-order valence-corrected chi connectivity index (χ2v) is 7.10. The van der Waals surface area contributed by atoms with Gasteiger partial charge in [-0.3, -0.25) is 9.36 Å². The molecule has 132 valence electrons. The van der Waals surface area contributed by atoms with Gasteiger partial charge in [-0.05, 0) is 36.8 Å². The Morgan fingerprint density at radius 3 is 2.00 bits per heavy atom. The lowest BCUT2D eigenvalue weighted by molar-refractivity contribution is 0.0998. The number of rotatable bonds is 3. The van der Waals surface area contributed by atoms with Crippen LogP contribution in [0.25, 0.3) is 16.1 Å². The summed E-state index contributed by atoms with van der Waals surface area (Å²) >= 11 is 1.53. The lowest BCUT2D eigenvalue weighted by Crippen LogP contribution is -2.16. The number of para-hydroxylation sites is 1. The van der Waals surface area contributed by atoms with Crippen LogP contribution in [0, 0.1) is 6.92 Å². The van der Waals surface area contributed by atoms with E-state index in [1.807, 2.05) is 71.3 Å². The predicted molar refractivity (Wildman–Crippen MR) is 110 cm³/mol. The minimum Gasteiger partial charge on any atom is -0.289 e. The maximum atomic E-state index is 12.7. The molecule has 0 saturated heterocycles. The van der Waals surface area contributed by atoms with Crippen molar-refractivity contribution in [2.75, 3.05) is 0 Å². The molecule has 0 spiro atoms. The Hall–Kier alpha value is -3.24. The monoisotopic (exact) mass is 370 g/mol. The van der Waals surface area contributed by atoms with E-state index in [-0.39, 0.29) is 5.91 Å². The molecule has 0 bridgehead atoms. The van der Waals surface area contributed by atoms with Gasteiger partial charge in [-0.15, -0.1) is 0 Å². The molecule has 1 amide bonds.